The maximum Gasteiger partial charge on any atom is 0.219 e. The molecule has 24 heavy (non-hydrogen) atoms. The number of hydrogen-bond acceptors (Lipinski definition) is 4. The Labute approximate surface area is 140 Å². The van der Waals surface area contributed by atoms with Crippen LogP contribution in [-0.2, 0) is 4.79 Å². The summed E-state index contributed by atoms with van der Waals surface area (Å²) in [4.78, 5) is 27.9. The highest BCUT2D eigenvalue weighted by molar-refractivity contribution is 5.91. The summed E-state index contributed by atoms with van der Waals surface area (Å²) in [7, 11) is 0. The van der Waals surface area contributed by atoms with Gasteiger partial charge in [0.25, 0.3) is 0 Å². The molecule has 1 amide bonds. The molecule has 4 rings (SSSR count). The number of fused-ring (bicyclic) bond motifs is 1. The summed E-state index contributed by atoms with van der Waals surface area (Å²) in [6.07, 6.45) is 3.69. The van der Waals surface area contributed by atoms with E-state index < -0.39 is 0 Å². The first-order chi connectivity index (χ1) is 11.7. The van der Waals surface area contributed by atoms with E-state index in [1.165, 1.54) is 0 Å². The molecule has 1 saturated heterocycles. The molecule has 3 aromatic rings. The molecule has 1 N–H and O–H groups in total. The van der Waals surface area contributed by atoms with Crippen molar-refractivity contribution in [2.75, 3.05) is 31.1 Å². The van der Waals surface area contributed by atoms with Crippen molar-refractivity contribution in [1.82, 2.24) is 19.9 Å². The molecule has 0 aliphatic carbocycles. The normalized spacial score (nSPS) is 15.0. The first-order valence-corrected chi connectivity index (χ1v) is 8.12. The van der Waals surface area contributed by atoms with Gasteiger partial charge in [0.1, 0.15) is 11.5 Å². The van der Waals surface area contributed by atoms with Crippen molar-refractivity contribution in [3.8, 4) is 11.3 Å². The minimum atomic E-state index is 0.142. The lowest BCUT2D eigenvalue weighted by Gasteiger charge is -2.35. The molecule has 6 heteroatoms. The number of anilines is 1. The van der Waals surface area contributed by atoms with Crippen LogP contribution in [0.4, 0.5) is 5.82 Å². The Kier molecular flexibility index (Phi) is 3.65. The Morgan fingerprint density at radius 2 is 1.96 bits per heavy atom. The standard InChI is InChI=1S/C18H19N5O/c1-13(24)22-9-11-23(12-10-22)17-4-2-3-16(21-17)14-5-7-19-18-15(14)6-8-20-18/h2-8H,9-12H2,1H3,(H,19,20). The second kappa shape index (κ2) is 5.96. The van der Waals surface area contributed by atoms with E-state index in [0.29, 0.717) is 0 Å². The fourth-order valence-electron chi connectivity index (χ4n) is 3.18. The number of aromatic amines is 1. The Balaban J connectivity index is 1.63. The van der Waals surface area contributed by atoms with Gasteiger partial charge in [0, 0.05) is 56.4 Å². The van der Waals surface area contributed by atoms with Gasteiger partial charge in [0.2, 0.25) is 5.91 Å². The minimum Gasteiger partial charge on any atom is -0.353 e. The molecule has 4 heterocycles. The Morgan fingerprint density at radius 3 is 2.75 bits per heavy atom. The van der Waals surface area contributed by atoms with Crippen molar-refractivity contribution in [3.63, 3.8) is 0 Å². The SMILES string of the molecule is CC(=O)N1CCN(c2cccc(-c3ccnc4[nH]ccc34)n2)CC1. The summed E-state index contributed by atoms with van der Waals surface area (Å²) in [5, 5.41) is 1.07. The van der Waals surface area contributed by atoms with Crippen molar-refractivity contribution in [3.05, 3.63) is 42.7 Å². The van der Waals surface area contributed by atoms with Crippen LogP contribution in [0, 0.1) is 0 Å². The van der Waals surface area contributed by atoms with Crippen LogP contribution >= 0.6 is 0 Å². The van der Waals surface area contributed by atoms with Crippen LogP contribution < -0.4 is 4.90 Å². The van der Waals surface area contributed by atoms with Crippen LogP contribution in [0.3, 0.4) is 0 Å². The fourth-order valence-corrected chi connectivity index (χ4v) is 3.18. The molecule has 3 aromatic heterocycles. The molecular formula is C18H19N5O. The molecule has 0 bridgehead atoms. The van der Waals surface area contributed by atoms with E-state index in [1.807, 2.05) is 41.4 Å². The molecule has 0 unspecified atom stereocenters. The number of H-pyrrole nitrogens is 1. The summed E-state index contributed by atoms with van der Waals surface area (Å²) in [5.74, 6) is 1.10. The fraction of sp³-hybridized carbons (Fsp3) is 0.278. The summed E-state index contributed by atoms with van der Waals surface area (Å²) in [6.45, 7) is 4.75. The quantitative estimate of drug-likeness (QED) is 0.786. The highest BCUT2D eigenvalue weighted by atomic mass is 16.2. The van der Waals surface area contributed by atoms with Crippen LogP contribution in [0.1, 0.15) is 6.92 Å². The molecule has 6 nitrogen and oxygen atoms in total. The van der Waals surface area contributed by atoms with Crippen molar-refractivity contribution in [2.24, 2.45) is 0 Å². The first kappa shape index (κ1) is 14.7. The smallest absolute Gasteiger partial charge is 0.219 e. The molecule has 122 valence electrons. The average Bonchev–Trinajstić information content (AvgIpc) is 3.10. The van der Waals surface area contributed by atoms with E-state index in [9.17, 15) is 4.79 Å². The largest absolute Gasteiger partial charge is 0.353 e. The summed E-state index contributed by atoms with van der Waals surface area (Å²) in [5.41, 5.74) is 2.88. The van der Waals surface area contributed by atoms with E-state index in [1.54, 1.807) is 13.1 Å². The van der Waals surface area contributed by atoms with E-state index >= 15 is 0 Å². The van der Waals surface area contributed by atoms with E-state index in [0.717, 1.165) is 54.3 Å². The van der Waals surface area contributed by atoms with Crippen LogP contribution in [0.2, 0.25) is 0 Å². The average molecular weight is 321 g/mol. The number of piperazine rings is 1. The molecule has 0 aromatic carbocycles. The molecule has 0 atom stereocenters. The van der Waals surface area contributed by atoms with Gasteiger partial charge in [-0.3, -0.25) is 4.79 Å². The second-order valence-electron chi connectivity index (χ2n) is 5.97. The predicted octanol–water partition coefficient (Wildman–Crippen LogP) is 2.29. The van der Waals surface area contributed by atoms with Gasteiger partial charge in [-0.15, -0.1) is 0 Å². The number of aromatic nitrogens is 3. The number of nitrogens with one attached hydrogen (secondary N) is 1. The zero-order valence-electron chi connectivity index (χ0n) is 13.6. The number of amides is 1. The molecule has 0 saturated carbocycles. The summed E-state index contributed by atoms with van der Waals surface area (Å²) < 4.78 is 0. The van der Waals surface area contributed by atoms with Crippen molar-refractivity contribution < 1.29 is 4.79 Å². The van der Waals surface area contributed by atoms with E-state index in [2.05, 4.69) is 14.9 Å². The predicted molar refractivity (Wildman–Crippen MR) is 93.8 cm³/mol. The molecule has 1 aliphatic heterocycles. The lowest BCUT2D eigenvalue weighted by Crippen LogP contribution is -2.48. The van der Waals surface area contributed by atoms with Crippen LogP contribution in [-0.4, -0.2) is 51.9 Å². The topological polar surface area (TPSA) is 65.1 Å². The van der Waals surface area contributed by atoms with Crippen molar-refractivity contribution in [1.29, 1.82) is 0 Å². The first-order valence-electron chi connectivity index (χ1n) is 8.12. The van der Waals surface area contributed by atoms with Crippen LogP contribution in [0.5, 0.6) is 0 Å². The van der Waals surface area contributed by atoms with Gasteiger partial charge in [-0.2, -0.15) is 0 Å². The maximum atomic E-state index is 11.5. The van der Waals surface area contributed by atoms with Crippen LogP contribution in [0.25, 0.3) is 22.3 Å². The molecule has 0 spiro atoms. The zero-order valence-corrected chi connectivity index (χ0v) is 13.6. The van der Waals surface area contributed by atoms with Crippen molar-refractivity contribution in [2.45, 2.75) is 6.92 Å². The Bertz CT molecular complexity index is 880. The molecular weight excluding hydrogens is 302 g/mol. The Morgan fingerprint density at radius 1 is 1.12 bits per heavy atom. The monoisotopic (exact) mass is 321 g/mol. The van der Waals surface area contributed by atoms with Gasteiger partial charge in [-0.05, 0) is 24.3 Å². The summed E-state index contributed by atoms with van der Waals surface area (Å²) >= 11 is 0. The number of pyridine rings is 2. The third-order valence-corrected chi connectivity index (χ3v) is 4.52. The lowest BCUT2D eigenvalue weighted by atomic mass is 10.1. The van der Waals surface area contributed by atoms with Gasteiger partial charge < -0.3 is 14.8 Å². The number of rotatable bonds is 2. The van der Waals surface area contributed by atoms with Gasteiger partial charge in [0.05, 0.1) is 5.69 Å². The second-order valence-corrected chi connectivity index (χ2v) is 5.97. The molecule has 1 fully saturated rings. The number of carbonyl (C=O) groups excluding carboxylic acids is 1. The van der Waals surface area contributed by atoms with Gasteiger partial charge in [0.15, 0.2) is 0 Å². The Hall–Kier alpha value is -2.89. The number of carbonyl (C=O) groups is 1. The molecule has 0 radical (unpaired) electrons. The highest BCUT2D eigenvalue weighted by Crippen LogP contribution is 2.27. The zero-order chi connectivity index (χ0) is 16.5. The van der Waals surface area contributed by atoms with Gasteiger partial charge in [-0.1, -0.05) is 6.07 Å². The minimum absolute atomic E-state index is 0.142. The third kappa shape index (κ3) is 2.60. The molecule has 1 aliphatic rings. The van der Waals surface area contributed by atoms with Crippen LogP contribution in [0.15, 0.2) is 42.7 Å². The van der Waals surface area contributed by atoms with E-state index in [-0.39, 0.29) is 5.91 Å². The number of nitrogens with zero attached hydrogens (tertiary/aromatic N) is 4. The lowest BCUT2D eigenvalue weighted by molar-refractivity contribution is -0.129. The number of hydrogen-bond donors (Lipinski definition) is 1. The van der Waals surface area contributed by atoms with E-state index in [4.69, 9.17) is 4.98 Å². The maximum absolute atomic E-state index is 11.5. The summed E-state index contributed by atoms with van der Waals surface area (Å²) in [6, 6.07) is 10.1. The third-order valence-electron chi connectivity index (χ3n) is 4.52. The van der Waals surface area contributed by atoms with Gasteiger partial charge in [-0.25, -0.2) is 9.97 Å². The van der Waals surface area contributed by atoms with Crippen molar-refractivity contribution >= 4 is 22.8 Å². The van der Waals surface area contributed by atoms with Gasteiger partial charge >= 0.3 is 0 Å². The highest BCUT2D eigenvalue weighted by Gasteiger charge is 2.20.